The third-order valence-electron chi connectivity index (χ3n) is 4.59. The number of rotatable bonds is 4. The van der Waals surface area contributed by atoms with E-state index in [9.17, 15) is 4.79 Å². The van der Waals surface area contributed by atoms with Crippen molar-refractivity contribution in [2.45, 2.75) is 52.0 Å². The molecule has 3 rings (SSSR count). The highest BCUT2D eigenvalue weighted by atomic mass is 16.2. The lowest BCUT2D eigenvalue weighted by Gasteiger charge is -2.21. The van der Waals surface area contributed by atoms with Crippen LogP contribution in [0, 0.1) is 6.92 Å². The summed E-state index contributed by atoms with van der Waals surface area (Å²) in [4.78, 5) is 16.5. The number of aromatic nitrogens is 1. The fraction of sp³-hybridized carbons (Fsp3) is 0.364. The van der Waals surface area contributed by atoms with E-state index in [1.54, 1.807) is 12.3 Å². The minimum Gasteiger partial charge on any atom is -0.359 e. The van der Waals surface area contributed by atoms with E-state index in [2.05, 4.69) is 47.3 Å². The molecule has 0 fully saturated rings. The van der Waals surface area contributed by atoms with Gasteiger partial charge in [-0.3, -0.25) is 9.78 Å². The Labute approximate surface area is 155 Å². The van der Waals surface area contributed by atoms with Gasteiger partial charge in [-0.1, -0.05) is 30.3 Å². The number of aryl methyl sites for hydroxylation is 2. The number of pyridine rings is 1. The van der Waals surface area contributed by atoms with Gasteiger partial charge in [0.1, 0.15) is 5.69 Å². The Bertz CT molecular complexity index is 849. The summed E-state index contributed by atoms with van der Waals surface area (Å²) in [5.41, 5.74) is 5.95. The molecule has 1 aliphatic carbocycles. The molecule has 4 heteroatoms. The van der Waals surface area contributed by atoms with Crippen LogP contribution in [0.5, 0.6) is 0 Å². The Morgan fingerprint density at radius 2 is 2.00 bits per heavy atom. The Morgan fingerprint density at radius 1 is 1.23 bits per heavy atom. The summed E-state index contributed by atoms with van der Waals surface area (Å²) in [6.45, 7) is 12.2. The van der Waals surface area contributed by atoms with Crippen LogP contribution in [-0.4, -0.2) is 16.4 Å². The monoisotopic (exact) mass is 349 g/mol. The van der Waals surface area contributed by atoms with E-state index in [4.69, 9.17) is 0 Å². The Balaban J connectivity index is 1.74. The Hall–Kier alpha value is -2.62. The van der Waals surface area contributed by atoms with Gasteiger partial charge in [0.2, 0.25) is 0 Å². The number of hydrogen-bond acceptors (Lipinski definition) is 3. The highest BCUT2D eigenvalue weighted by molar-refractivity contribution is 5.93. The summed E-state index contributed by atoms with van der Waals surface area (Å²) in [6, 6.07) is 10.3. The van der Waals surface area contributed by atoms with Crippen LogP contribution in [-0.2, 0) is 6.42 Å². The number of nitrogens with one attached hydrogen (secondary N) is 2. The van der Waals surface area contributed by atoms with Crippen molar-refractivity contribution in [3.8, 4) is 0 Å². The molecular weight excluding hydrogens is 322 g/mol. The highest BCUT2D eigenvalue weighted by Gasteiger charge is 2.25. The summed E-state index contributed by atoms with van der Waals surface area (Å²) in [6.07, 6.45) is 3.80. The second-order valence-electron chi connectivity index (χ2n) is 8.08. The lowest BCUT2D eigenvalue weighted by molar-refractivity contribution is 0.0914. The summed E-state index contributed by atoms with van der Waals surface area (Å²) in [5, 5.41) is 6.33. The number of carbonyl (C=O) groups excluding carboxylic acids is 1. The maximum absolute atomic E-state index is 12.3. The van der Waals surface area contributed by atoms with Gasteiger partial charge >= 0.3 is 0 Å². The van der Waals surface area contributed by atoms with Crippen LogP contribution in [0.3, 0.4) is 0 Å². The number of anilines is 1. The van der Waals surface area contributed by atoms with Crippen LogP contribution in [0.15, 0.2) is 48.8 Å². The SMILES string of the molecule is C=C(Nc1ccnc(C(=O)NC(C)(C)C)c1)C1CCc2ccc(C)cc21. The number of carbonyl (C=O) groups is 1. The molecule has 26 heavy (non-hydrogen) atoms. The van der Waals surface area contributed by atoms with E-state index in [0.717, 1.165) is 24.2 Å². The first-order chi connectivity index (χ1) is 12.2. The average molecular weight is 349 g/mol. The van der Waals surface area contributed by atoms with Crippen LogP contribution < -0.4 is 10.6 Å². The van der Waals surface area contributed by atoms with Gasteiger partial charge in [0, 0.05) is 29.0 Å². The van der Waals surface area contributed by atoms with Gasteiger partial charge in [0.05, 0.1) is 0 Å². The van der Waals surface area contributed by atoms with Crippen molar-refractivity contribution in [2.24, 2.45) is 0 Å². The van der Waals surface area contributed by atoms with E-state index in [1.165, 1.54) is 16.7 Å². The fourth-order valence-electron chi connectivity index (χ4n) is 3.39. The molecule has 0 radical (unpaired) electrons. The number of hydrogen-bond donors (Lipinski definition) is 2. The van der Waals surface area contributed by atoms with Crippen molar-refractivity contribution in [3.05, 3.63) is 71.2 Å². The maximum atomic E-state index is 12.3. The third kappa shape index (κ3) is 4.13. The Kier molecular flexibility index (Phi) is 4.86. The van der Waals surface area contributed by atoms with Crippen molar-refractivity contribution in [1.29, 1.82) is 0 Å². The molecule has 2 aromatic rings. The molecule has 1 heterocycles. The van der Waals surface area contributed by atoms with Gasteiger partial charge in [0.15, 0.2) is 0 Å². The van der Waals surface area contributed by atoms with Gasteiger partial charge in [-0.15, -0.1) is 0 Å². The molecule has 1 aromatic heterocycles. The second kappa shape index (κ2) is 6.94. The summed E-state index contributed by atoms with van der Waals surface area (Å²) in [7, 11) is 0. The topological polar surface area (TPSA) is 54.0 Å². The van der Waals surface area contributed by atoms with E-state index in [-0.39, 0.29) is 11.4 Å². The zero-order chi connectivity index (χ0) is 18.9. The van der Waals surface area contributed by atoms with Gasteiger partial charge in [-0.05, 0) is 63.8 Å². The zero-order valence-electron chi connectivity index (χ0n) is 16.0. The normalized spacial score (nSPS) is 16.1. The molecule has 1 aromatic carbocycles. The van der Waals surface area contributed by atoms with Crippen molar-refractivity contribution in [1.82, 2.24) is 10.3 Å². The van der Waals surface area contributed by atoms with E-state index < -0.39 is 0 Å². The standard InChI is InChI=1S/C22H27N3O/c1-14-6-7-16-8-9-18(19(16)12-14)15(2)24-17-10-11-23-20(13-17)21(26)25-22(3,4)5/h6-7,10-13,18H,2,8-9H2,1,3-5H3,(H,23,24)(H,25,26). The van der Waals surface area contributed by atoms with Crippen LogP contribution in [0.2, 0.25) is 0 Å². The lowest BCUT2D eigenvalue weighted by atomic mass is 9.96. The molecule has 2 N–H and O–H groups in total. The van der Waals surface area contributed by atoms with Crippen LogP contribution in [0.1, 0.15) is 60.3 Å². The van der Waals surface area contributed by atoms with E-state index >= 15 is 0 Å². The van der Waals surface area contributed by atoms with Gasteiger partial charge in [-0.25, -0.2) is 0 Å². The van der Waals surface area contributed by atoms with E-state index in [0.29, 0.717) is 11.6 Å². The van der Waals surface area contributed by atoms with Crippen LogP contribution in [0.25, 0.3) is 0 Å². The van der Waals surface area contributed by atoms with Crippen molar-refractivity contribution < 1.29 is 4.79 Å². The van der Waals surface area contributed by atoms with E-state index in [1.807, 2.05) is 26.8 Å². The first-order valence-electron chi connectivity index (χ1n) is 9.07. The summed E-state index contributed by atoms with van der Waals surface area (Å²) >= 11 is 0. The van der Waals surface area contributed by atoms with Crippen molar-refractivity contribution in [3.63, 3.8) is 0 Å². The van der Waals surface area contributed by atoms with Gasteiger partial charge in [0.25, 0.3) is 5.91 Å². The molecule has 0 saturated heterocycles. The number of fused-ring (bicyclic) bond motifs is 1. The highest BCUT2D eigenvalue weighted by Crippen LogP contribution is 2.38. The third-order valence-corrected chi connectivity index (χ3v) is 4.59. The molecule has 4 nitrogen and oxygen atoms in total. The lowest BCUT2D eigenvalue weighted by Crippen LogP contribution is -2.40. The Morgan fingerprint density at radius 3 is 2.73 bits per heavy atom. The van der Waals surface area contributed by atoms with Crippen LogP contribution >= 0.6 is 0 Å². The molecule has 0 saturated carbocycles. The zero-order valence-corrected chi connectivity index (χ0v) is 16.0. The molecule has 0 bridgehead atoms. The molecule has 1 unspecified atom stereocenters. The number of amides is 1. The molecule has 1 atom stereocenters. The molecule has 0 spiro atoms. The smallest absolute Gasteiger partial charge is 0.270 e. The minimum absolute atomic E-state index is 0.173. The average Bonchev–Trinajstić information content (AvgIpc) is 2.96. The minimum atomic E-state index is -0.294. The summed E-state index contributed by atoms with van der Waals surface area (Å²) < 4.78 is 0. The molecule has 136 valence electrons. The number of nitrogens with zero attached hydrogens (tertiary/aromatic N) is 1. The second-order valence-corrected chi connectivity index (χ2v) is 8.08. The van der Waals surface area contributed by atoms with Gasteiger partial charge in [-0.2, -0.15) is 0 Å². The summed E-state index contributed by atoms with van der Waals surface area (Å²) in [5.74, 6) is 0.124. The maximum Gasteiger partial charge on any atom is 0.270 e. The molecule has 0 aliphatic heterocycles. The van der Waals surface area contributed by atoms with Crippen LogP contribution in [0.4, 0.5) is 5.69 Å². The number of allylic oxidation sites excluding steroid dienone is 1. The first kappa shape index (κ1) is 18.2. The number of benzene rings is 1. The largest absolute Gasteiger partial charge is 0.359 e. The quantitative estimate of drug-likeness (QED) is 0.850. The van der Waals surface area contributed by atoms with Crippen molar-refractivity contribution in [2.75, 3.05) is 5.32 Å². The van der Waals surface area contributed by atoms with Gasteiger partial charge < -0.3 is 10.6 Å². The molecule has 1 aliphatic rings. The predicted octanol–water partition coefficient (Wildman–Crippen LogP) is 4.57. The molecular formula is C22H27N3O. The van der Waals surface area contributed by atoms with Crippen molar-refractivity contribution >= 4 is 11.6 Å². The predicted molar refractivity (Wildman–Crippen MR) is 106 cm³/mol. The fourth-order valence-corrected chi connectivity index (χ4v) is 3.39. The first-order valence-corrected chi connectivity index (χ1v) is 9.07. The molecule has 1 amide bonds.